The first-order valence-corrected chi connectivity index (χ1v) is 10.5. The van der Waals surface area contributed by atoms with Crippen LogP contribution in [0.25, 0.3) is 27.5 Å². The van der Waals surface area contributed by atoms with Gasteiger partial charge in [-0.15, -0.1) is 11.3 Å². The van der Waals surface area contributed by atoms with Gasteiger partial charge >= 0.3 is 0 Å². The van der Waals surface area contributed by atoms with E-state index < -0.39 is 17.4 Å². The van der Waals surface area contributed by atoms with E-state index in [-0.39, 0.29) is 16.9 Å². The number of hydrogen-bond acceptors (Lipinski definition) is 7. The Morgan fingerprint density at radius 2 is 1.78 bits per heavy atom. The predicted octanol–water partition coefficient (Wildman–Crippen LogP) is 3.10. The summed E-state index contributed by atoms with van der Waals surface area (Å²) >= 11 is 1.47. The van der Waals surface area contributed by atoms with Gasteiger partial charge in [0.05, 0.1) is 29.6 Å². The second-order valence-corrected chi connectivity index (χ2v) is 7.95. The number of pyridine rings is 1. The molecule has 2 amide bonds. The van der Waals surface area contributed by atoms with Gasteiger partial charge in [0.2, 0.25) is 0 Å². The molecule has 0 atom stereocenters. The standard InChI is InChI=1S/C23H16N4O4S/c1-31-15-7-5-12(6-8-15)17-11-32-23(25-17)13-3-2-4-14(9-13)27-18(28)10-16-19(20(27)24)22(30)26-21(16)29/h2-11H,24H2,1H3,(H,26,29,30). The van der Waals surface area contributed by atoms with Crippen molar-refractivity contribution in [3.63, 3.8) is 0 Å². The topological polar surface area (TPSA) is 116 Å². The van der Waals surface area contributed by atoms with Crippen molar-refractivity contribution in [1.29, 1.82) is 0 Å². The highest BCUT2D eigenvalue weighted by atomic mass is 32.1. The number of thiazole rings is 1. The maximum absolute atomic E-state index is 12.7. The summed E-state index contributed by atoms with van der Waals surface area (Å²) in [5.41, 5.74) is 8.69. The van der Waals surface area contributed by atoms with E-state index in [1.165, 1.54) is 15.9 Å². The van der Waals surface area contributed by atoms with Gasteiger partial charge in [-0.25, -0.2) is 4.98 Å². The molecule has 0 spiro atoms. The van der Waals surface area contributed by atoms with Crippen molar-refractivity contribution < 1.29 is 14.3 Å². The van der Waals surface area contributed by atoms with Crippen molar-refractivity contribution in [3.8, 4) is 33.3 Å². The van der Waals surface area contributed by atoms with E-state index in [0.717, 1.165) is 33.6 Å². The smallest absolute Gasteiger partial charge is 0.262 e. The van der Waals surface area contributed by atoms with E-state index in [4.69, 9.17) is 15.5 Å². The van der Waals surface area contributed by atoms with Crippen LogP contribution < -0.4 is 21.3 Å². The lowest BCUT2D eigenvalue weighted by molar-refractivity contribution is 0.0880. The zero-order valence-electron chi connectivity index (χ0n) is 16.8. The minimum Gasteiger partial charge on any atom is -0.497 e. The number of anilines is 1. The van der Waals surface area contributed by atoms with Gasteiger partial charge in [0.1, 0.15) is 16.6 Å². The van der Waals surface area contributed by atoms with E-state index in [1.807, 2.05) is 35.7 Å². The first-order valence-electron chi connectivity index (χ1n) is 9.58. The Balaban J connectivity index is 1.55. The number of fused-ring (bicyclic) bond motifs is 1. The van der Waals surface area contributed by atoms with Crippen molar-refractivity contribution in [2.24, 2.45) is 0 Å². The third-order valence-electron chi connectivity index (χ3n) is 5.19. The first-order chi connectivity index (χ1) is 15.5. The number of ether oxygens (including phenoxy) is 1. The van der Waals surface area contributed by atoms with Gasteiger partial charge < -0.3 is 10.5 Å². The number of carbonyl (C=O) groups is 2. The molecule has 0 saturated heterocycles. The number of benzene rings is 2. The van der Waals surface area contributed by atoms with Crippen LogP contribution in [-0.2, 0) is 0 Å². The van der Waals surface area contributed by atoms with E-state index in [0.29, 0.717) is 5.69 Å². The van der Waals surface area contributed by atoms with Gasteiger partial charge in [-0.3, -0.25) is 24.3 Å². The summed E-state index contributed by atoms with van der Waals surface area (Å²) in [6.07, 6.45) is 0. The van der Waals surface area contributed by atoms with Gasteiger partial charge in [-0.2, -0.15) is 0 Å². The molecule has 0 unspecified atom stereocenters. The second kappa shape index (κ2) is 7.47. The number of nitrogens with one attached hydrogen (secondary N) is 1. The number of hydrogen-bond donors (Lipinski definition) is 2. The van der Waals surface area contributed by atoms with Gasteiger partial charge in [-0.05, 0) is 36.4 Å². The first kappa shape index (κ1) is 19.7. The minimum atomic E-state index is -0.622. The Bertz CT molecular complexity index is 1450. The zero-order chi connectivity index (χ0) is 22.4. The van der Waals surface area contributed by atoms with Crippen molar-refractivity contribution in [3.05, 3.63) is 81.5 Å². The fraction of sp³-hybridized carbons (Fsp3) is 0.0435. The van der Waals surface area contributed by atoms with Crippen LogP contribution in [0, 0.1) is 0 Å². The van der Waals surface area contributed by atoms with Crippen LogP contribution in [0.3, 0.4) is 0 Å². The predicted molar refractivity (Wildman–Crippen MR) is 121 cm³/mol. The molecule has 158 valence electrons. The Hall–Kier alpha value is -4.24. The fourth-order valence-electron chi connectivity index (χ4n) is 3.62. The average molecular weight is 444 g/mol. The fourth-order valence-corrected chi connectivity index (χ4v) is 4.45. The lowest BCUT2D eigenvalue weighted by Gasteiger charge is -2.12. The number of methoxy groups -OCH3 is 1. The zero-order valence-corrected chi connectivity index (χ0v) is 17.6. The molecule has 32 heavy (non-hydrogen) atoms. The molecule has 5 rings (SSSR count). The highest BCUT2D eigenvalue weighted by molar-refractivity contribution is 7.13. The molecule has 4 aromatic rings. The highest BCUT2D eigenvalue weighted by Crippen LogP contribution is 2.31. The normalized spacial score (nSPS) is 12.5. The molecule has 2 aromatic heterocycles. The van der Waals surface area contributed by atoms with Gasteiger partial charge in [0, 0.05) is 22.6 Å². The van der Waals surface area contributed by atoms with Gasteiger partial charge in [-0.1, -0.05) is 12.1 Å². The molecule has 3 heterocycles. The molecule has 0 saturated carbocycles. The van der Waals surface area contributed by atoms with Gasteiger partial charge in [0.15, 0.2) is 0 Å². The quantitative estimate of drug-likeness (QED) is 0.467. The van der Waals surface area contributed by atoms with Crippen LogP contribution in [-0.4, -0.2) is 28.5 Å². The Morgan fingerprint density at radius 1 is 1.00 bits per heavy atom. The molecule has 0 radical (unpaired) electrons. The number of nitrogens with zero attached hydrogens (tertiary/aromatic N) is 2. The van der Waals surface area contributed by atoms with Crippen molar-refractivity contribution in [2.75, 3.05) is 12.8 Å². The molecule has 0 fully saturated rings. The lowest BCUT2D eigenvalue weighted by atomic mass is 10.1. The molecule has 3 N–H and O–H groups in total. The largest absolute Gasteiger partial charge is 0.497 e. The number of nitrogen functional groups attached to an aromatic ring is 1. The minimum absolute atomic E-state index is 0.00559. The van der Waals surface area contributed by atoms with Crippen LogP contribution in [0.1, 0.15) is 20.7 Å². The summed E-state index contributed by atoms with van der Waals surface area (Å²) in [7, 11) is 1.62. The molecular formula is C23H16N4O4S. The van der Waals surface area contributed by atoms with E-state index in [1.54, 1.807) is 25.3 Å². The summed E-state index contributed by atoms with van der Waals surface area (Å²) in [4.78, 5) is 41.4. The van der Waals surface area contributed by atoms with Crippen LogP contribution in [0.2, 0.25) is 0 Å². The Morgan fingerprint density at radius 3 is 2.53 bits per heavy atom. The summed E-state index contributed by atoms with van der Waals surface area (Å²) in [5.74, 6) is -0.546. The Kier molecular flexibility index (Phi) is 4.60. The monoisotopic (exact) mass is 444 g/mol. The van der Waals surface area contributed by atoms with Crippen molar-refractivity contribution in [2.45, 2.75) is 0 Å². The molecule has 0 aliphatic carbocycles. The highest BCUT2D eigenvalue weighted by Gasteiger charge is 2.31. The molecule has 1 aliphatic heterocycles. The van der Waals surface area contributed by atoms with E-state index in [9.17, 15) is 14.4 Å². The van der Waals surface area contributed by atoms with Crippen LogP contribution in [0.5, 0.6) is 5.75 Å². The van der Waals surface area contributed by atoms with E-state index in [2.05, 4.69) is 5.32 Å². The number of rotatable bonds is 4. The maximum Gasteiger partial charge on any atom is 0.262 e. The molecule has 9 heteroatoms. The maximum atomic E-state index is 12.7. The van der Waals surface area contributed by atoms with Crippen molar-refractivity contribution in [1.82, 2.24) is 14.9 Å². The summed E-state index contributed by atoms with van der Waals surface area (Å²) in [5, 5.41) is 4.88. The average Bonchev–Trinajstić information content (AvgIpc) is 3.39. The number of nitrogens with two attached hydrogens (primary N) is 1. The van der Waals surface area contributed by atoms with Crippen LogP contribution in [0.15, 0.2) is 64.8 Å². The molecule has 1 aliphatic rings. The van der Waals surface area contributed by atoms with Gasteiger partial charge in [0.25, 0.3) is 17.4 Å². The summed E-state index contributed by atoms with van der Waals surface area (Å²) in [6, 6.07) is 15.9. The third kappa shape index (κ3) is 3.15. The molecular weight excluding hydrogens is 428 g/mol. The van der Waals surface area contributed by atoms with Crippen LogP contribution >= 0.6 is 11.3 Å². The van der Waals surface area contributed by atoms with E-state index >= 15 is 0 Å². The molecule has 8 nitrogen and oxygen atoms in total. The number of imide groups is 1. The number of aromatic nitrogens is 2. The Labute approximate surface area is 185 Å². The molecule has 2 aromatic carbocycles. The van der Waals surface area contributed by atoms with Crippen molar-refractivity contribution >= 4 is 29.0 Å². The second-order valence-electron chi connectivity index (χ2n) is 7.09. The summed E-state index contributed by atoms with van der Waals surface area (Å²) < 4.78 is 6.42. The lowest BCUT2D eigenvalue weighted by Crippen LogP contribution is -2.24. The van der Waals surface area contributed by atoms with Crippen LogP contribution in [0.4, 0.5) is 5.82 Å². The summed E-state index contributed by atoms with van der Waals surface area (Å²) in [6.45, 7) is 0. The number of carbonyl (C=O) groups excluding carboxylic acids is 2. The third-order valence-corrected chi connectivity index (χ3v) is 6.09. The number of amides is 2. The SMILES string of the molecule is COc1ccc(-c2csc(-c3cccc(-n4c(N)c5c(cc4=O)C(=O)NC5=O)c3)n2)cc1. The molecule has 0 bridgehead atoms.